The molecule has 1 saturated heterocycles. The summed E-state index contributed by atoms with van der Waals surface area (Å²) in [5.41, 5.74) is 7.31. The van der Waals surface area contributed by atoms with Crippen molar-refractivity contribution in [2.24, 2.45) is 5.73 Å². The Labute approximate surface area is 175 Å². The Morgan fingerprint density at radius 2 is 1.82 bits per heavy atom. The number of nitrogens with two attached hydrogens (primary N) is 1. The van der Waals surface area contributed by atoms with Gasteiger partial charge in [0.15, 0.2) is 0 Å². The van der Waals surface area contributed by atoms with Crippen molar-refractivity contribution >= 4 is 39.7 Å². The Morgan fingerprint density at radius 3 is 2.36 bits per heavy atom. The minimum absolute atomic E-state index is 0. The maximum atomic E-state index is 12.9. The molecule has 0 aliphatic carbocycles. The number of halogens is 1. The van der Waals surface area contributed by atoms with E-state index in [-0.39, 0.29) is 23.2 Å². The van der Waals surface area contributed by atoms with Gasteiger partial charge >= 0.3 is 0 Å². The van der Waals surface area contributed by atoms with Crippen LogP contribution in [-0.2, 0) is 14.8 Å². The maximum Gasteiger partial charge on any atom is 0.243 e. The Kier molecular flexibility index (Phi) is 9.69. The maximum absolute atomic E-state index is 12.9. The van der Waals surface area contributed by atoms with Crippen LogP contribution in [0.15, 0.2) is 23.1 Å². The first-order valence-electron chi connectivity index (χ1n) is 9.80. The first kappa shape index (κ1) is 24.7. The topological polar surface area (TPSA) is 95.7 Å². The zero-order valence-corrected chi connectivity index (χ0v) is 18.6. The molecule has 7 nitrogen and oxygen atoms in total. The Hall–Kier alpha value is -1.35. The molecular weight excluding hydrogens is 400 g/mol. The van der Waals surface area contributed by atoms with Crippen LogP contribution in [0.2, 0.25) is 0 Å². The summed E-state index contributed by atoms with van der Waals surface area (Å²) in [6.45, 7) is 8.18. The number of rotatable bonds is 9. The predicted octanol–water partition coefficient (Wildman–Crippen LogP) is 2.81. The van der Waals surface area contributed by atoms with Crippen molar-refractivity contribution in [3.8, 4) is 0 Å². The molecule has 1 heterocycles. The zero-order chi connectivity index (χ0) is 20.0. The molecule has 160 valence electrons. The van der Waals surface area contributed by atoms with Crippen LogP contribution in [0.5, 0.6) is 0 Å². The van der Waals surface area contributed by atoms with Gasteiger partial charge < -0.3 is 16.0 Å². The first-order valence-corrected chi connectivity index (χ1v) is 11.2. The molecule has 1 amide bonds. The first-order chi connectivity index (χ1) is 12.8. The van der Waals surface area contributed by atoms with Gasteiger partial charge in [-0.15, -0.1) is 12.4 Å². The van der Waals surface area contributed by atoms with Gasteiger partial charge in [0, 0.05) is 26.2 Å². The number of nitrogens with zero attached hydrogens (tertiary/aromatic N) is 2. The minimum atomic E-state index is -3.60. The van der Waals surface area contributed by atoms with E-state index in [4.69, 9.17) is 5.73 Å². The molecule has 1 aromatic rings. The minimum Gasteiger partial charge on any atom is -0.370 e. The number of hydrogen-bond donors (Lipinski definition) is 2. The van der Waals surface area contributed by atoms with Gasteiger partial charge in [-0.2, -0.15) is 4.31 Å². The van der Waals surface area contributed by atoms with Crippen LogP contribution in [-0.4, -0.2) is 50.9 Å². The van der Waals surface area contributed by atoms with Crippen molar-refractivity contribution in [2.45, 2.75) is 57.4 Å². The van der Waals surface area contributed by atoms with Gasteiger partial charge in [-0.1, -0.05) is 27.2 Å². The highest BCUT2D eigenvalue weighted by atomic mass is 35.5. The number of anilines is 2. The molecule has 0 bridgehead atoms. The highest BCUT2D eigenvalue weighted by Gasteiger charge is 2.25. The molecule has 1 fully saturated rings. The van der Waals surface area contributed by atoms with Crippen LogP contribution in [0.4, 0.5) is 11.4 Å². The fraction of sp³-hybridized carbons (Fsp3) is 0.632. The lowest BCUT2D eigenvalue weighted by Gasteiger charge is -2.24. The van der Waals surface area contributed by atoms with Gasteiger partial charge in [-0.25, -0.2) is 8.42 Å². The van der Waals surface area contributed by atoms with Gasteiger partial charge in [0.25, 0.3) is 0 Å². The summed E-state index contributed by atoms with van der Waals surface area (Å²) in [4.78, 5) is 14.8. The van der Waals surface area contributed by atoms with Crippen LogP contribution in [0.3, 0.4) is 0 Å². The number of hydrogen-bond acceptors (Lipinski definition) is 5. The second kappa shape index (κ2) is 11.0. The number of carbonyl (C=O) groups is 1. The van der Waals surface area contributed by atoms with E-state index in [1.54, 1.807) is 18.2 Å². The zero-order valence-electron chi connectivity index (χ0n) is 17.0. The standard InChI is InChI=1S/C19H32N4O3S.ClH/c1-4-9-16(20)19(24)21-17-14-15(27(25,26)23(5-2)6-3)10-11-18(17)22-12-7-8-13-22;/h10-11,14,16H,4-9,12-13,20H2,1-3H3,(H,21,24);1H. The normalized spacial score (nSPS) is 15.4. The van der Waals surface area contributed by atoms with Gasteiger partial charge in [0.2, 0.25) is 15.9 Å². The summed E-state index contributed by atoms with van der Waals surface area (Å²) < 4.78 is 27.2. The van der Waals surface area contributed by atoms with Crippen LogP contribution < -0.4 is 16.0 Å². The predicted molar refractivity (Wildman–Crippen MR) is 117 cm³/mol. The number of benzene rings is 1. The van der Waals surface area contributed by atoms with Crippen LogP contribution in [0.25, 0.3) is 0 Å². The molecule has 1 aromatic carbocycles. The van der Waals surface area contributed by atoms with Crippen molar-refractivity contribution in [3.63, 3.8) is 0 Å². The van der Waals surface area contributed by atoms with Crippen molar-refractivity contribution in [2.75, 3.05) is 36.4 Å². The lowest BCUT2D eigenvalue weighted by Crippen LogP contribution is -2.36. The van der Waals surface area contributed by atoms with E-state index in [9.17, 15) is 13.2 Å². The Bertz CT molecular complexity index is 748. The quantitative estimate of drug-likeness (QED) is 0.625. The van der Waals surface area contributed by atoms with Crippen LogP contribution in [0.1, 0.15) is 46.5 Å². The second-order valence-corrected chi connectivity index (χ2v) is 8.78. The third kappa shape index (κ3) is 5.59. The van der Waals surface area contributed by atoms with Crippen LogP contribution in [0, 0.1) is 0 Å². The largest absolute Gasteiger partial charge is 0.370 e. The van der Waals surface area contributed by atoms with E-state index in [1.807, 2.05) is 20.8 Å². The summed E-state index contributed by atoms with van der Waals surface area (Å²) in [5.74, 6) is -0.283. The summed E-state index contributed by atoms with van der Waals surface area (Å²) in [6, 6.07) is 4.38. The highest BCUT2D eigenvalue weighted by molar-refractivity contribution is 7.89. The van der Waals surface area contributed by atoms with E-state index in [2.05, 4.69) is 10.2 Å². The number of sulfonamides is 1. The average Bonchev–Trinajstić information content (AvgIpc) is 3.17. The SMILES string of the molecule is CCCC(N)C(=O)Nc1cc(S(=O)(=O)N(CC)CC)ccc1N1CCCC1.Cl. The van der Waals surface area contributed by atoms with Gasteiger partial charge in [0.05, 0.1) is 22.3 Å². The lowest BCUT2D eigenvalue weighted by atomic mass is 10.1. The molecule has 1 aliphatic heterocycles. The molecule has 0 saturated carbocycles. The van der Waals surface area contributed by atoms with Gasteiger partial charge in [0.1, 0.15) is 0 Å². The molecule has 0 spiro atoms. The van der Waals surface area contributed by atoms with E-state index < -0.39 is 16.1 Å². The highest BCUT2D eigenvalue weighted by Crippen LogP contribution is 2.32. The molecule has 2 rings (SSSR count). The molecule has 0 aromatic heterocycles. The van der Waals surface area contributed by atoms with Crippen molar-refractivity contribution in [1.29, 1.82) is 0 Å². The molecular formula is C19H33ClN4O3S. The molecule has 1 unspecified atom stereocenters. The molecule has 3 N–H and O–H groups in total. The number of carbonyl (C=O) groups excluding carboxylic acids is 1. The van der Waals surface area contributed by atoms with E-state index in [0.29, 0.717) is 25.2 Å². The Morgan fingerprint density at radius 1 is 1.21 bits per heavy atom. The summed E-state index contributed by atoms with van der Waals surface area (Å²) in [5, 5.41) is 2.87. The van der Waals surface area contributed by atoms with Gasteiger partial charge in [-0.3, -0.25) is 4.79 Å². The van der Waals surface area contributed by atoms with E-state index >= 15 is 0 Å². The van der Waals surface area contributed by atoms with Crippen molar-refractivity contribution < 1.29 is 13.2 Å². The fourth-order valence-electron chi connectivity index (χ4n) is 3.39. The number of nitrogens with one attached hydrogen (secondary N) is 1. The summed E-state index contributed by atoms with van der Waals surface area (Å²) in [6.07, 6.45) is 3.57. The van der Waals surface area contributed by atoms with E-state index in [0.717, 1.165) is 38.0 Å². The van der Waals surface area contributed by atoms with Crippen LogP contribution >= 0.6 is 12.4 Å². The van der Waals surface area contributed by atoms with Crippen molar-refractivity contribution in [1.82, 2.24) is 4.31 Å². The fourth-order valence-corrected chi connectivity index (χ4v) is 4.87. The Balaban J connectivity index is 0.00000392. The monoisotopic (exact) mass is 432 g/mol. The summed E-state index contributed by atoms with van der Waals surface area (Å²) in [7, 11) is -3.60. The third-order valence-electron chi connectivity index (χ3n) is 4.95. The van der Waals surface area contributed by atoms with Crippen molar-refractivity contribution in [3.05, 3.63) is 18.2 Å². The molecule has 28 heavy (non-hydrogen) atoms. The smallest absolute Gasteiger partial charge is 0.243 e. The summed E-state index contributed by atoms with van der Waals surface area (Å²) >= 11 is 0. The third-order valence-corrected chi connectivity index (χ3v) is 7.00. The number of amides is 1. The van der Waals surface area contributed by atoms with Gasteiger partial charge in [-0.05, 0) is 37.5 Å². The molecule has 9 heteroatoms. The molecule has 1 aliphatic rings. The van der Waals surface area contributed by atoms with E-state index in [1.165, 1.54) is 4.31 Å². The lowest BCUT2D eigenvalue weighted by molar-refractivity contribution is -0.117. The molecule has 1 atom stereocenters. The average molecular weight is 433 g/mol. The molecule has 0 radical (unpaired) electrons. The second-order valence-electron chi connectivity index (χ2n) is 6.85.